The van der Waals surface area contributed by atoms with E-state index in [1.807, 2.05) is 36.6 Å². The van der Waals surface area contributed by atoms with Crippen molar-refractivity contribution in [2.75, 3.05) is 19.0 Å². The molecule has 0 saturated heterocycles. The quantitative estimate of drug-likeness (QED) is 0.725. The minimum absolute atomic E-state index is 0.0826. The molecule has 1 aromatic heterocycles. The number of amides is 1. The van der Waals surface area contributed by atoms with Gasteiger partial charge in [-0.25, -0.2) is 0 Å². The molecule has 6 nitrogen and oxygen atoms in total. The number of carbonyl (C=O) groups is 1. The number of anilines is 1. The summed E-state index contributed by atoms with van der Waals surface area (Å²) in [5.41, 5.74) is 1.89. The first-order valence-electron chi connectivity index (χ1n) is 7.11. The first kappa shape index (κ1) is 18.0. The molecule has 0 bridgehead atoms. The van der Waals surface area contributed by atoms with Crippen LogP contribution >= 0.6 is 27.7 Å². The second kappa shape index (κ2) is 8.47. The highest BCUT2D eigenvalue weighted by Crippen LogP contribution is 2.26. The Morgan fingerprint density at radius 1 is 1.52 bits per heavy atom. The van der Waals surface area contributed by atoms with Crippen LogP contribution < -0.4 is 5.32 Å². The second-order valence-electron chi connectivity index (χ2n) is 5.03. The largest absolute Gasteiger partial charge is 0.383 e. The van der Waals surface area contributed by atoms with Gasteiger partial charge in [0.1, 0.15) is 6.33 Å². The van der Waals surface area contributed by atoms with Gasteiger partial charge in [0.15, 0.2) is 5.16 Å². The van der Waals surface area contributed by atoms with E-state index in [-0.39, 0.29) is 11.2 Å². The van der Waals surface area contributed by atoms with Crippen molar-refractivity contribution in [1.82, 2.24) is 14.8 Å². The van der Waals surface area contributed by atoms with Gasteiger partial charge in [-0.3, -0.25) is 4.79 Å². The second-order valence-corrected chi connectivity index (χ2v) is 7.19. The monoisotopic (exact) mass is 398 g/mol. The third kappa shape index (κ3) is 5.05. The summed E-state index contributed by atoms with van der Waals surface area (Å²) >= 11 is 4.83. The van der Waals surface area contributed by atoms with Gasteiger partial charge < -0.3 is 14.6 Å². The number of thioether (sulfide) groups is 1. The van der Waals surface area contributed by atoms with Gasteiger partial charge in [-0.15, -0.1) is 10.2 Å². The number of methoxy groups -OCH3 is 1. The van der Waals surface area contributed by atoms with Crippen LogP contribution in [0.3, 0.4) is 0 Å². The lowest BCUT2D eigenvalue weighted by Crippen LogP contribution is -2.23. The van der Waals surface area contributed by atoms with Crippen LogP contribution in [0.2, 0.25) is 0 Å². The average Bonchev–Trinajstić information content (AvgIpc) is 2.95. The van der Waals surface area contributed by atoms with Gasteiger partial charge in [0.25, 0.3) is 0 Å². The molecule has 1 amide bonds. The Labute approximate surface area is 148 Å². The zero-order valence-corrected chi connectivity index (χ0v) is 15.6. The van der Waals surface area contributed by atoms with Gasteiger partial charge in [0, 0.05) is 18.1 Å². The molecule has 2 rings (SSSR count). The van der Waals surface area contributed by atoms with E-state index in [0.717, 1.165) is 15.7 Å². The molecule has 1 atom stereocenters. The molecule has 1 heterocycles. The van der Waals surface area contributed by atoms with Crippen LogP contribution in [0.25, 0.3) is 0 Å². The molecule has 0 fully saturated rings. The van der Waals surface area contributed by atoms with Gasteiger partial charge in [-0.1, -0.05) is 17.8 Å². The van der Waals surface area contributed by atoms with Gasteiger partial charge >= 0.3 is 0 Å². The SMILES string of the molecule is COCCn1cnnc1SC(C)C(=O)Nc1ccc(C)cc1Br. The van der Waals surface area contributed by atoms with Crippen molar-refractivity contribution in [2.24, 2.45) is 0 Å². The molecule has 1 aromatic carbocycles. The summed E-state index contributed by atoms with van der Waals surface area (Å²) in [5.74, 6) is -0.0826. The molecule has 1 unspecified atom stereocenters. The molecule has 1 N–H and O–H groups in total. The van der Waals surface area contributed by atoms with Crippen LogP contribution in [-0.2, 0) is 16.1 Å². The van der Waals surface area contributed by atoms with Gasteiger partial charge in [-0.2, -0.15) is 0 Å². The molecule has 0 aliphatic carbocycles. The first-order chi connectivity index (χ1) is 11.0. The van der Waals surface area contributed by atoms with E-state index < -0.39 is 0 Å². The lowest BCUT2D eigenvalue weighted by atomic mass is 10.2. The number of hydrogen-bond acceptors (Lipinski definition) is 5. The first-order valence-corrected chi connectivity index (χ1v) is 8.79. The Morgan fingerprint density at radius 3 is 3.00 bits per heavy atom. The zero-order chi connectivity index (χ0) is 16.8. The number of hydrogen-bond donors (Lipinski definition) is 1. The van der Waals surface area contributed by atoms with E-state index in [9.17, 15) is 4.79 Å². The molecule has 2 aromatic rings. The van der Waals surface area contributed by atoms with E-state index in [0.29, 0.717) is 18.3 Å². The van der Waals surface area contributed by atoms with Crippen molar-refractivity contribution in [3.8, 4) is 0 Å². The van der Waals surface area contributed by atoms with Gasteiger partial charge in [-0.05, 0) is 47.5 Å². The summed E-state index contributed by atoms with van der Waals surface area (Å²) in [6.45, 7) is 5.07. The maximum atomic E-state index is 12.4. The summed E-state index contributed by atoms with van der Waals surface area (Å²) in [4.78, 5) is 12.4. The number of nitrogens with zero attached hydrogens (tertiary/aromatic N) is 3. The van der Waals surface area contributed by atoms with Crippen LogP contribution in [0.5, 0.6) is 0 Å². The molecule has 23 heavy (non-hydrogen) atoms. The highest BCUT2D eigenvalue weighted by atomic mass is 79.9. The lowest BCUT2D eigenvalue weighted by molar-refractivity contribution is -0.115. The summed E-state index contributed by atoms with van der Waals surface area (Å²) in [6, 6.07) is 5.81. The number of ether oxygens (including phenoxy) is 1. The zero-order valence-electron chi connectivity index (χ0n) is 13.2. The van der Waals surface area contributed by atoms with Crippen LogP contribution in [0.1, 0.15) is 12.5 Å². The summed E-state index contributed by atoms with van der Waals surface area (Å²) in [5, 5.41) is 11.3. The predicted octanol–water partition coefficient (Wildman–Crippen LogP) is 3.11. The average molecular weight is 399 g/mol. The number of rotatable bonds is 7. The standard InChI is InChI=1S/C15H19BrN4O2S/c1-10-4-5-13(12(16)8-10)18-14(21)11(2)23-15-19-17-9-20(15)6-7-22-3/h4-5,8-9,11H,6-7H2,1-3H3,(H,18,21). The molecule has 124 valence electrons. The van der Waals surface area contributed by atoms with E-state index in [2.05, 4.69) is 31.4 Å². The molecule has 0 radical (unpaired) electrons. The van der Waals surface area contributed by atoms with Crippen molar-refractivity contribution < 1.29 is 9.53 Å². The number of carbonyl (C=O) groups excluding carboxylic acids is 1. The number of aromatic nitrogens is 3. The van der Waals surface area contributed by atoms with Crippen LogP contribution in [0.15, 0.2) is 34.2 Å². The summed E-state index contributed by atoms with van der Waals surface area (Å²) in [7, 11) is 1.65. The van der Waals surface area contributed by atoms with Crippen molar-refractivity contribution in [3.63, 3.8) is 0 Å². The molecular formula is C15H19BrN4O2S. The van der Waals surface area contributed by atoms with E-state index in [1.165, 1.54) is 11.8 Å². The van der Waals surface area contributed by atoms with E-state index in [4.69, 9.17) is 4.74 Å². The van der Waals surface area contributed by atoms with Crippen LogP contribution in [0.4, 0.5) is 5.69 Å². The fourth-order valence-corrected chi connectivity index (χ4v) is 3.29. The molecule has 0 saturated carbocycles. The van der Waals surface area contributed by atoms with Crippen LogP contribution in [-0.4, -0.2) is 39.6 Å². The Balaban J connectivity index is 1.98. The van der Waals surface area contributed by atoms with E-state index >= 15 is 0 Å². The summed E-state index contributed by atoms with van der Waals surface area (Å²) < 4.78 is 7.80. The molecular weight excluding hydrogens is 380 g/mol. The Bertz CT molecular complexity index is 677. The predicted molar refractivity (Wildman–Crippen MR) is 94.7 cm³/mol. The lowest BCUT2D eigenvalue weighted by Gasteiger charge is -2.13. The Hall–Kier alpha value is -1.38. The van der Waals surface area contributed by atoms with Crippen molar-refractivity contribution in [2.45, 2.75) is 30.8 Å². The normalized spacial score (nSPS) is 12.2. The highest BCUT2D eigenvalue weighted by molar-refractivity contribution is 9.10. The smallest absolute Gasteiger partial charge is 0.237 e. The summed E-state index contributed by atoms with van der Waals surface area (Å²) in [6.07, 6.45) is 1.64. The fraction of sp³-hybridized carbons (Fsp3) is 0.400. The minimum atomic E-state index is -0.298. The molecule has 0 aliphatic heterocycles. The van der Waals surface area contributed by atoms with Crippen molar-refractivity contribution in [3.05, 3.63) is 34.6 Å². The highest BCUT2D eigenvalue weighted by Gasteiger charge is 2.18. The number of benzene rings is 1. The van der Waals surface area contributed by atoms with Gasteiger partial charge in [0.2, 0.25) is 5.91 Å². The van der Waals surface area contributed by atoms with Gasteiger partial charge in [0.05, 0.1) is 17.5 Å². The van der Waals surface area contributed by atoms with Crippen LogP contribution in [0, 0.1) is 6.92 Å². The minimum Gasteiger partial charge on any atom is -0.383 e. The number of halogens is 1. The van der Waals surface area contributed by atoms with E-state index in [1.54, 1.807) is 13.4 Å². The third-order valence-electron chi connectivity index (χ3n) is 3.15. The number of nitrogens with one attached hydrogen (secondary N) is 1. The Kier molecular flexibility index (Phi) is 6.61. The number of aryl methyl sites for hydroxylation is 1. The third-order valence-corrected chi connectivity index (χ3v) is 4.90. The molecule has 0 spiro atoms. The fourth-order valence-electron chi connectivity index (χ4n) is 1.85. The molecule has 0 aliphatic rings. The maximum Gasteiger partial charge on any atom is 0.237 e. The topological polar surface area (TPSA) is 69.0 Å². The van der Waals surface area contributed by atoms with Crippen molar-refractivity contribution >= 4 is 39.3 Å². The Morgan fingerprint density at radius 2 is 2.30 bits per heavy atom. The van der Waals surface area contributed by atoms with Crippen molar-refractivity contribution in [1.29, 1.82) is 0 Å². The molecule has 8 heteroatoms. The maximum absolute atomic E-state index is 12.4.